The Bertz CT molecular complexity index is 578. The molecule has 6 heteroatoms. The van der Waals surface area contributed by atoms with Gasteiger partial charge in [-0.15, -0.1) is 5.10 Å². The number of aromatic nitrogens is 3. The van der Waals surface area contributed by atoms with E-state index in [9.17, 15) is 0 Å². The van der Waals surface area contributed by atoms with Crippen molar-refractivity contribution in [2.75, 3.05) is 13.7 Å². The van der Waals surface area contributed by atoms with Gasteiger partial charge in [-0.3, -0.25) is 0 Å². The van der Waals surface area contributed by atoms with Crippen molar-refractivity contribution >= 4 is 0 Å². The molecule has 0 spiro atoms. The van der Waals surface area contributed by atoms with Gasteiger partial charge in [0.25, 0.3) is 0 Å². The summed E-state index contributed by atoms with van der Waals surface area (Å²) in [5.41, 5.74) is 7.71. The molecule has 2 N–H and O–H groups in total. The van der Waals surface area contributed by atoms with Crippen molar-refractivity contribution in [3.05, 3.63) is 35.7 Å². The molecule has 0 aliphatic carbocycles. The minimum absolute atomic E-state index is 0.418. The third kappa shape index (κ3) is 4.21. The van der Waals surface area contributed by atoms with E-state index < -0.39 is 0 Å². The van der Waals surface area contributed by atoms with Crippen LogP contribution in [0, 0.1) is 5.92 Å². The summed E-state index contributed by atoms with van der Waals surface area (Å²) in [6.07, 6.45) is 0.919. The second-order valence-corrected chi connectivity index (χ2v) is 5.53. The van der Waals surface area contributed by atoms with Gasteiger partial charge in [0, 0.05) is 6.54 Å². The number of benzene rings is 1. The molecule has 6 nitrogen and oxygen atoms in total. The average Bonchev–Trinajstić information content (AvgIpc) is 2.89. The second-order valence-electron chi connectivity index (χ2n) is 5.53. The summed E-state index contributed by atoms with van der Waals surface area (Å²) in [5.74, 6) is 2.16. The first kappa shape index (κ1) is 16.3. The molecular weight excluding hydrogens is 280 g/mol. The molecule has 0 aliphatic heterocycles. The highest BCUT2D eigenvalue weighted by Gasteiger charge is 2.13. The highest BCUT2D eigenvalue weighted by molar-refractivity contribution is 5.31. The first-order chi connectivity index (χ1) is 10.6. The van der Waals surface area contributed by atoms with Crippen LogP contribution in [-0.2, 0) is 19.5 Å². The van der Waals surface area contributed by atoms with Crippen LogP contribution in [0.2, 0.25) is 0 Å². The Labute approximate surface area is 131 Å². The SMILES string of the molecule is COc1ccc(OCCn2nnc(CN)c2CC(C)C)cc1. The molecule has 1 aromatic carbocycles. The van der Waals surface area contributed by atoms with Crippen LogP contribution < -0.4 is 15.2 Å². The van der Waals surface area contributed by atoms with Crippen LogP contribution >= 0.6 is 0 Å². The highest BCUT2D eigenvalue weighted by atomic mass is 16.5. The lowest BCUT2D eigenvalue weighted by Gasteiger charge is -2.11. The van der Waals surface area contributed by atoms with Crippen LogP contribution in [0.5, 0.6) is 11.5 Å². The minimum atomic E-state index is 0.418. The molecule has 2 rings (SSSR count). The molecule has 2 aromatic rings. The fraction of sp³-hybridized carbons (Fsp3) is 0.500. The summed E-state index contributed by atoms with van der Waals surface area (Å²) in [4.78, 5) is 0. The van der Waals surface area contributed by atoms with Gasteiger partial charge in [-0.2, -0.15) is 0 Å². The predicted molar refractivity (Wildman–Crippen MR) is 84.9 cm³/mol. The van der Waals surface area contributed by atoms with E-state index in [1.165, 1.54) is 0 Å². The highest BCUT2D eigenvalue weighted by Crippen LogP contribution is 2.17. The molecule has 0 bridgehead atoms. The standard InChI is InChI=1S/C16H24N4O2/c1-12(2)10-16-15(11-17)18-19-20(16)8-9-22-14-6-4-13(21-3)5-7-14/h4-7,12H,8-11,17H2,1-3H3. The monoisotopic (exact) mass is 304 g/mol. The summed E-state index contributed by atoms with van der Waals surface area (Å²) in [5, 5.41) is 8.34. The van der Waals surface area contributed by atoms with Gasteiger partial charge in [0.15, 0.2) is 0 Å². The van der Waals surface area contributed by atoms with E-state index in [-0.39, 0.29) is 0 Å². The number of rotatable bonds is 8. The fourth-order valence-corrected chi connectivity index (χ4v) is 2.24. The van der Waals surface area contributed by atoms with E-state index >= 15 is 0 Å². The van der Waals surface area contributed by atoms with E-state index in [0.29, 0.717) is 25.6 Å². The molecule has 0 unspecified atom stereocenters. The molecule has 1 heterocycles. The molecule has 22 heavy (non-hydrogen) atoms. The molecule has 0 aliphatic rings. The van der Waals surface area contributed by atoms with Gasteiger partial charge >= 0.3 is 0 Å². The molecule has 0 saturated carbocycles. The largest absolute Gasteiger partial charge is 0.497 e. The molecule has 0 radical (unpaired) electrons. The molecular formula is C16H24N4O2. The smallest absolute Gasteiger partial charge is 0.119 e. The maximum Gasteiger partial charge on any atom is 0.119 e. The van der Waals surface area contributed by atoms with Crippen LogP contribution in [0.15, 0.2) is 24.3 Å². The van der Waals surface area contributed by atoms with Crippen LogP contribution in [0.3, 0.4) is 0 Å². The zero-order valence-electron chi connectivity index (χ0n) is 13.5. The summed E-state index contributed by atoms with van der Waals surface area (Å²) in [6, 6.07) is 7.53. The Morgan fingerprint density at radius 3 is 2.45 bits per heavy atom. The molecule has 0 saturated heterocycles. The lowest BCUT2D eigenvalue weighted by Crippen LogP contribution is -2.15. The van der Waals surface area contributed by atoms with Gasteiger partial charge in [-0.1, -0.05) is 19.1 Å². The van der Waals surface area contributed by atoms with Crippen molar-refractivity contribution in [1.82, 2.24) is 15.0 Å². The van der Waals surface area contributed by atoms with Crippen LogP contribution in [0.1, 0.15) is 25.2 Å². The topological polar surface area (TPSA) is 75.2 Å². The Hall–Kier alpha value is -2.08. The quantitative estimate of drug-likeness (QED) is 0.807. The van der Waals surface area contributed by atoms with Gasteiger partial charge < -0.3 is 15.2 Å². The first-order valence-electron chi connectivity index (χ1n) is 7.52. The number of nitrogens with zero attached hydrogens (tertiary/aromatic N) is 3. The average molecular weight is 304 g/mol. The molecule has 0 fully saturated rings. The zero-order chi connectivity index (χ0) is 15.9. The maximum atomic E-state index is 5.74. The van der Waals surface area contributed by atoms with Gasteiger partial charge in [0.2, 0.25) is 0 Å². The summed E-state index contributed by atoms with van der Waals surface area (Å²) < 4.78 is 12.8. The first-order valence-corrected chi connectivity index (χ1v) is 7.52. The van der Waals surface area contributed by atoms with Crippen molar-refractivity contribution in [2.45, 2.75) is 33.4 Å². The van der Waals surface area contributed by atoms with E-state index in [4.69, 9.17) is 15.2 Å². The molecule has 0 atom stereocenters. The van der Waals surface area contributed by atoms with Crippen molar-refractivity contribution < 1.29 is 9.47 Å². The number of hydrogen-bond donors (Lipinski definition) is 1. The second kappa shape index (κ2) is 7.79. The van der Waals surface area contributed by atoms with Crippen molar-refractivity contribution in [3.63, 3.8) is 0 Å². The fourth-order valence-electron chi connectivity index (χ4n) is 2.24. The van der Waals surface area contributed by atoms with Crippen LogP contribution in [0.4, 0.5) is 0 Å². The predicted octanol–water partition coefficient (Wildman–Crippen LogP) is 2.02. The van der Waals surface area contributed by atoms with Gasteiger partial charge in [0.1, 0.15) is 18.1 Å². The molecule has 1 aromatic heterocycles. The van der Waals surface area contributed by atoms with Crippen molar-refractivity contribution in [2.24, 2.45) is 11.7 Å². The maximum absolute atomic E-state index is 5.74. The Morgan fingerprint density at radius 2 is 1.86 bits per heavy atom. The van der Waals surface area contributed by atoms with E-state index in [1.807, 2.05) is 28.9 Å². The van der Waals surface area contributed by atoms with Crippen LogP contribution in [0.25, 0.3) is 0 Å². The van der Waals surface area contributed by atoms with Gasteiger partial charge in [-0.05, 0) is 36.6 Å². The lowest BCUT2D eigenvalue weighted by atomic mass is 10.1. The van der Waals surface area contributed by atoms with Crippen LogP contribution in [-0.4, -0.2) is 28.7 Å². The summed E-state index contributed by atoms with van der Waals surface area (Å²) in [6.45, 7) is 5.95. The number of ether oxygens (including phenoxy) is 2. The normalized spacial score (nSPS) is 11.0. The molecule has 120 valence electrons. The summed E-state index contributed by atoms with van der Waals surface area (Å²) in [7, 11) is 1.64. The summed E-state index contributed by atoms with van der Waals surface area (Å²) >= 11 is 0. The number of nitrogens with two attached hydrogens (primary N) is 1. The Balaban J connectivity index is 1.94. The number of methoxy groups -OCH3 is 1. The van der Waals surface area contributed by atoms with Crippen molar-refractivity contribution in [3.8, 4) is 11.5 Å². The van der Waals surface area contributed by atoms with Crippen molar-refractivity contribution in [1.29, 1.82) is 0 Å². The van der Waals surface area contributed by atoms with Gasteiger partial charge in [-0.25, -0.2) is 4.68 Å². The van der Waals surface area contributed by atoms with E-state index in [1.54, 1.807) is 7.11 Å². The lowest BCUT2D eigenvalue weighted by molar-refractivity contribution is 0.286. The zero-order valence-corrected chi connectivity index (χ0v) is 13.5. The Kier molecular flexibility index (Phi) is 5.77. The number of hydrogen-bond acceptors (Lipinski definition) is 5. The van der Waals surface area contributed by atoms with E-state index in [2.05, 4.69) is 24.2 Å². The van der Waals surface area contributed by atoms with E-state index in [0.717, 1.165) is 29.3 Å². The van der Waals surface area contributed by atoms with Gasteiger partial charge in [0.05, 0.1) is 25.0 Å². The third-order valence-corrected chi connectivity index (χ3v) is 3.34. The molecule has 0 amide bonds. The Morgan fingerprint density at radius 1 is 1.18 bits per heavy atom. The minimum Gasteiger partial charge on any atom is -0.497 e. The third-order valence-electron chi connectivity index (χ3n) is 3.34.